The molecule has 0 aliphatic carbocycles. The molecular weight excluding hydrogens is 328 g/mol. The van der Waals surface area contributed by atoms with Crippen LogP contribution in [0.4, 0.5) is 0 Å². The molecule has 0 heterocycles. The predicted octanol–water partition coefficient (Wildman–Crippen LogP) is 2.16. The third-order valence-corrected chi connectivity index (χ3v) is 5.39. The topological polar surface area (TPSA) is 100 Å². The molecule has 1 amide bonds. The van der Waals surface area contributed by atoms with Gasteiger partial charge in [-0.15, -0.1) is 0 Å². The summed E-state index contributed by atoms with van der Waals surface area (Å²) in [6, 6.07) is 0.0915. The van der Waals surface area contributed by atoms with Gasteiger partial charge in [-0.3, -0.25) is 4.79 Å². The summed E-state index contributed by atoms with van der Waals surface area (Å²) in [5.74, 6) is -0.774. The van der Waals surface area contributed by atoms with Crippen LogP contribution < -0.4 is 5.73 Å². The van der Waals surface area contributed by atoms with Gasteiger partial charge in [0.2, 0.25) is 5.91 Å². The van der Waals surface area contributed by atoms with E-state index >= 15 is 0 Å². The highest BCUT2D eigenvalue weighted by Crippen LogP contribution is 2.22. The minimum absolute atomic E-state index is 0.0915. The Bertz CT molecular complexity index is 481. The average molecular weight is 363 g/mol. The lowest BCUT2D eigenvalue weighted by Gasteiger charge is -2.44. The Balaban J connectivity index is 5.17. The largest absolute Gasteiger partial charge is 0.748 e. The van der Waals surface area contributed by atoms with E-state index in [1.165, 1.54) is 6.08 Å². The van der Waals surface area contributed by atoms with Crippen LogP contribution in [0.5, 0.6) is 0 Å². The maximum Gasteiger partial charge on any atom is 0.241 e. The van der Waals surface area contributed by atoms with Gasteiger partial charge in [0.15, 0.2) is 0 Å². The van der Waals surface area contributed by atoms with Gasteiger partial charge in [0, 0.05) is 18.6 Å². The molecule has 0 aromatic carbocycles. The molecular formula is C17H34N2O4S. The Morgan fingerprint density at radius 3 is 2.12 bits per heavy atom. The first-order chi connectivity index (χ1) is 11.2. The van der Waals surface area contributed by atoms with Gasteiger partial charge < -0.3 is 14.8 Å². The molecule has 0 aromatic rings. The summed E-state index contributed by atoms with van der Waals surface area (Å²) < 4.78 is 33.8. The first-order valence-electron chi connectivity index (χ1n) is 8.92. The lowest BCUT2D eigenvalue weighted by molar-refractivity contribution is -0.949. The number of carbonyl (C=O) groups excluding carboxylic acids is 1. The number of hydrogen-bond donors (Lipinski definition) is 1. The maximum absolute atomic E-state index is 11.0. The Morgan fingerprint density at radius 2 is 1.71 bits per heavy atom. The van der Waals surface area contributed by atoms with E-state index in [9.17, 15) is 17.8 Å². The standard InChI is InChI=1S/C17H34N2O4S/c1-4-6-12-19(13-7-5-2,14-9-8-10-17(18)20)16(3)11-15-24(21,22)23/h8,10,16H,4-7,9,11-15H2,1-3H3,(H2-,18,20,21,22,23). The molecule has 142 valence electrons. The molecule has 0 saturated carbocycles. The summed E-state index contributed by atoms with van der Waals surface area (Å²) in [6.45, 7) is 9.04. The van der Waals surface area contributed by atoms with E-state index in [1.807, 2.05) is 6.92 Å². The van der Waals surface area contributed by atoms with Crippen molar-refractivity contribution in [3.8, 4) is 0 Å². The molecule has 0 saturated heterocycles. The lowest BCUT2D eigenvalue weighted by atomic mass is 10.1. The van der Waals surface area contributed by atoms with Crippen molar-refractivity contribution >= 4 is 16.0 Å². The van der Waals surface area contributed by atoms with E-state index in [1.54, 1.807) is 6.08 Å². The summed E-state index contributed by atoms with van der Waals surface area (Å²) >= 11 is 0. The van der Waals surface area contributed by atoms with Crippen LogP contribution in [-0.2, 0) is 14.9 Å². The number of nitrogens with zero attached hydrogens (tertiary/aromatic N) is 1. The highest BCUT2D eigenvalue weighted by Gasteiger charge is 2.32. The minimum atomic E-state index is -4.19. The Kier molecular flexibility index (Phi) is 11.2. The summed E-state index contributed by atoms with van der Waals surface area (Å²) in [6.07, 6.45) is 8.48. The van der Waals surface area contributed by atoms with E-state index in [2.05, 4.69) is 13.8 Å². The Labute approximate surface area is 147 Å². The first kappa shape index (κ1) is 23.1. The number of amides is 1. The number of rotatable bonds is 14. The normalized spacial score (nSPS) is 14.2. The van der Waals surface area contributed by atoms with Crippen LogP contribution in [0.15, 0.2) is 12.2 Å². The van der Waals surface area contributed by atoms with Gasteiger partial charge in [-0.1, -0.05) is 32.8 Å². The number of hydrogen-bond acceptors (Lipinski definition) is 4. The van der Waals surface area contributed by atoms with Crippen molar-refractivity contribution in [3.05, 3.63) is 12.2 Å². The zero-order valence-corrected chi connectivity index (χ0v) is 16.2. The smallest absolute Gasteiger partial charge is 0.241 e. The zero-order valence-electron chi connectivity index (χ0n) is 15.4. The molecule has 0 rings (SSSR count). The summed E-state index contributed by atoms with van der Waals surface area (Å²) in [5, 5.41) is 0. The fourth-order valence-electron chi connectivity index (χ4n) is 3.06. The van der Waals surface area contributed by atoms with E-state index in [-0.39, 0.29) is 11.8 Å². The lowest BCUT2D eigenvalue weighted by Crippen LogP contribution is -2.56. The molecule has 0 fully saturated rings. The van der Waals surface area contributed by atoms with Crippen LogP contribution in [-0.4, -0.2) is 54.8 Å². The van der Waals surface area contributed by atoms with Crippen LogP contribution in [0.1, 0.15) is 59.3 Å². The highest BCUT2D eigenvalue weighted by atomic mass is 32.2. The third-order valence-electron chi connectivity index (χ3n) is 4.66. The van der Waals surface area contributed by atoms with Gasteiger partial charge in [0.05, 0.1) is 35.8 Å². The molecule has 0 aliphatic rings. The summed E-state index contributed by atoms with van der Waals surface area (Å²) in [4.78, 5) is 10.8. The molecule has 0 spiro atoms. The Hall–Kier alpha value is -0.920. The molecule has 0 aliphatic heterocycles. The highest BCUT2D eigenvalue weighted by molar-refractivity contribution is 7.85. The maximum atomic E-state index is 11.0. The van der Waals surface area contributed by atoms with Crippen molar-refractivity contribution in [2.75, 3.05) is 25.4 Å². The second-order valence-corrected chi connectivity index (χ2v) is 8.11. The fraction of sp³-hybridized carbons (Fsp3) is 0.824. The van der Waals surface area contributed by atoms with Crippen LogP contribution in [0.3, 0.4) is 0 Å². The Morgan fingerprint density at radius 1 is 1.17 bits per heavy atom. The van der Waals surface area contributed by atoms with Gasteiger partial charge in [-0.05, 0) is 25.8 Å². The first-order valence-corrected chi connectivity index (χ1v) is 10.5. The van der Waals surface area contributed by atoms with Gasteiger partial charge >= 0.3 is 0 Å². The van der Waals surface area contributed by atoms with Gasteiger partial charge in [-0.2, -0.15) is 0 Å². The monoisotopic (exact) mass is 362 g/mol. The van der Waals surface area contributed by atoms with Crippen LogP contribution in [0, 0.1) is 0 Å². The summed E-state index contributed by atoms with van der Waals surface area (Å²) in [5.41, 5.74) is 5.13. The van der Waals surface area contributed by atoms with Gasteiger partial charge in [-0.25, -0.2) is 8.42 Å². The number of nitrogens with two attached hydrogens (primary N) is 1. The SMILES string of the molecule is CCCC[N+](CCC=CC(N)=O)(CCCC)C(C)CCS(=O)(=O)[O-]. The molecule has 24 heavy (non-hydrogen) atoms. The number of unbranched alkanes of at least 4 members (excludes halogenated alkanes) is 2. The molecule has 0 aromatic heterocycles. The zero-order chi connectivity index (χ0) is 18.6. The molecule has 1 atom stereocenters. The third kappa shape index (κ3) is 10.1. The molecule has 6 nitrogen and oxygen atoms in total. The van der Waals surface area contributed by atoms with Crippen LogP contribution >= 0.6 is 0 Å². The fourth-order valence-corrected chi connectivity index (χ4v) is 3.69. The van der Waals surface area contributed by atoms with E-state index in [0.29, 0.717) is 12.8 Å². The molecule has 0 bridgehead atoms. The predicted molar refractivity (Wildman–Crippen MR) is 96.3 cm³/mol. The van der Waals surface area contributed by atoms with Crippen LogP contribution in [0.25, 0.3) is 0 Å². The number of primary amides is 1. The van der Waals surface area contributed by atoms with E-state index < -0.39 is 16.0 Å². The van der Waals surface area contributed by atoms with Crippen molar-refractivity contribution in [3.63, 3.8) is 0 Å². The second-order valence-electron chi connectivity index (χ2n) is 6.59. The van der Waals surface area contributed by atoms with Crippen molar-refractivity contribution in [1.29, 1.82) is 0 Å². The van der Waals surface area contributed by atoms with Crippen molar-refractivity contribution in [1.82, 2.24) is 0 Å². The van der Waals surface area contributed by atoms with E-state index in [4.69, 9.17) is 5.73 Å². The van der Waals surface area contributed by atoms with Crippen LogP contribution in [0.2, 0.25) is 0 Å². The van der Waals surface area contributed by atoms with Crippen molar-refractivity contribution in [2.45, 2.75) is 65.3 Å². The minimum Gasteiger partial charge on any atom is -0.748 e. The molecule has 2 N–H and O–H groups in total. The quantitative estimate of drug-likeness (QED) is 0.291. The summed E-state index contributed by atoms with van der Waals surface area (Å²) in [7, 11) is -4.19. The van der Waals surface area contributed by atoms with Crippen molar-refractivity contribution in [2.24, 2.45) is 5.73 Å². The second kappa shape index (κ2) is 11.6. The molecule has 0 radical (unpaired) electrons. The number of quaternary nitrogens is 1. The molecule has 1 unspecified atom stereocenters. The van der Waals surface area contributed by atoms with Gasteiger partial charge in [0.25, 0.3) is 0 Å². The number of carbonyl (C=O) groups is 1. The molecule has 7 heteroatoms. The average Bonchev–Trinajstić information content (AvgIpc) is 2.50. The van der Waals surface area contributed by atoms with Crippen molar-refractivity contribution < 1.29 is 22.2 Å². The van der Waals surface area contributed by atoms with Gasteiger partial charge in [0.1, 0.15) is 0 Å². The van der Waals surface area contributed by atoms with E-state index in [0.717, 1.165) is 49.8 Å².